The number of benzene rings is 1. The maximum atomic E-state index is 14.4. The monoisotopic (exact) mass is 535 g/mol. The molecule has 1 fully saturated rings. The van der Waals surface area contributed by atoms with E-state index < -0.39 is 11.7 Å². The van der Waals surface area contributed by atoms with Crippen molar-refractivity contribution in [2.75, 3.05) is 43.2 Å². The molecule has 3 N–H and O–H groups in total. The molecule has 14 heteroatoms. The maximum absolute atomic E-state index is 14.4. The fourth-order valence-corrected chi connectivity index (χ4v) is 5.52. The fraction of sp³-hybridized carbons (Fsp3) is 0.250. The quantitative estimate of drug-likeness (QED) is 0.219. The zero-order valence-corrected chi connectivity index (χ0v) is 21.0. The van der Waals surface area contributed by atoms with Gasteiger partial charge in [0.1, 0.15) is 5.82 Å². The number of nitrogens with zero attached hydrogens (tertiary/aromatic N) is 7. The highest BCUT2D eigenvalue weighted by Crippen LogP contribution is 2.36. The van der Waals surface area contributed by atoms with Gasteiger partial charge in [-0.05, 0) is 18.2 Å². The highest BCUT2D eigenvalue weighted by molar-refractivity contribution is 7.19. The van der Waals surface area contributed by atoms with Gasteiger partial charge < -0.3 is 14.5 Å². The Morgan fingerprint density at radius 3 is 2.76 bits per heavy atom. The van der Waals surface area contributed by atoms with E-state index in [9.17, 15) is 9.18 Å². The standard InChI is InChI=1S/C24H22FN9O3S/c1-33(24-26-9-13(10-27-24)23(35)32-36)12-15-8-19-20(38-15)22(34-2-4-37-5-3-34)30-21(29-19)16-6-14(25)7-18-17(16)11-28-31-18/h6-11,36H,2-5,12H2,1H3,(H,28,31)(H,32,35). The molecule has 5 heterocycles. The Balaban J connectivity index is 1.39. The second-order valence-corrected chi connectivity index (χ2v) is 9.89. The zero-order chi connectivity index (χ0) is 26.2. The number of ether oxygens (including phenoxy) is 1. The molecule has 5 aromatic rings. The van der Waals surface area contributed by atoms with Crippen LogP contribution < -0.4 is 15.3 Å². The molecule has 0 saturated carbocycles. The van der Waals surface area contributed by atoms with Gasteiger partial charge in [0.2, 0.25) is 5.95 Å². The molecule has 0 spiro atoms. The summed E-state index contributed by atoms with van der Waals surface area (Å²) < 4.78 is 20.9. The molecule has 0 unspecified atom stereocenters. The van der Waals surface area contributed by atoms with Gasteiger partial charge in [0, 0.05) is 48.4 Å². The molecule has 0 bridgehead atoms. The van der Waals surface area contributed by atoms with Crippen molar-refractivity contribution in [1.29, 1.82) is 0 Å². The van der Waals surface area contributed by atoms with Crippen LogP contribution in [0.1, 0.15) is 15.2 Å². The van der Waals surface area contributed by atoms with Crippen LogP contribution in [-0.4, -0.2) is 74.6 Å². The molecule has 12 nitrogen and oxygen atoms in total. The number of thiophene rings is 1. The SMILES string of the molecule is CN(Cc1cc2nc(-c3cc(F)cc4[nH]ncc34)nc(N3CCOCC3)c2s1)c1ncc(C(=O)NO)cn1. The zero-order valence-electron chi connectivity index (χ0n) is 20.2. The van der Waals surface area contributed by atoms with Gasteiger partial charge in [-0.25, -0.2) is 29.8 Å². The minimum atomic E-state index is -0.681. The highest BCUT2D eigenvalue weighted by Gasteiger charge is 2.22. The fourth-order valence-electron chi connectivity index (χ4n) is 4.36. The normalized spacial score (nSPS) is 13.8. The van der Waals surface area contributed by atoms with Crippen LogP contribution in [0.2, 0.25) is 0 Å². The number of aromatic amines is 1. The van der Waals surface area contributed by atoms with Gasteiger partial charge in [-0.1, -0.05) is 0 Å². The number of hydrogen-bond donors (Lipinski definition) is 3. The molecule has 38 heavy (non-hydrogen) atoms. The van der Waals surface area contributed by atoms with Crippen molar-refractivity contribution in [1.82, 2.24) is 35.6 Å². The lowest BCUT2D eigenvalue weighted by Crippen LogP contribution is -2.36. The number of amides is 1. The van der Waals surface area contributed by atoms with E-state index in [1.807, 2.05) is 18.0 Å². The van der Waals surface area contributed by atoms with Gasteiger partial charge in [-0.15, -0.1) is 11.3 Å². The molecule has 194 valence electrons. The number of fused-ring (bicyclic) bond motifs is 2. The molecule has 0 radical (unpaired) electrons. The first-order chi connectivity index (χ1) is 18.5. The van der Waals surface area contributed by atoms with Crippen LogP contribution in [-0.2, 0) is 11.3 Å². The molecule has 1 aromatic carbocycles. The number of aromatic nitrogens is 6. The lowest BCUT2D eigenvalue weighted by Gasteiger charge is -2.28. The maximum Gasteiger partial charge on any atom is 0.277 e. The molecular weight excluding hydrogens is 513 g/mol. The van der Waals surface area contributed by atoms with E-state index in [0.717, 1.165) is 26.3 Å². The van der Waals surface area contributed by atoms with Crippen LogP contribution in [0.4, 0.5) is 16.2 Å². The summed E-state index contributed by atoms with van der Waals surface area (Å²) in [6.07, 6.45) is 4.34. The third-order valence-corrected chi connectivity index (χ3v) is 7.32. The highest BCUT2D eigenvalue weighted by atomic mass is 32.1. The van der Waals surface area contributed by atoms with Crippen molar-refractivity contribution >= 4 is 50.1 Å². The number of H-pyrrole nitrogens is 1. The van der Waals surface area contributed by atoms with Gasteiger partial charge in [-0.2, -0.15) is 5.10 Å². The molecular formula is C24H22FN9O3S. The topological polar surface area (TPSA) is 145 Å². The van der Waals surface area contributed by atoms with Gasteiger partial charge in [0.05, 0.1) is 47.3 Å². The van der Waals surface area contributed by atoms with Crippen LogP contribution in [0.15, 0.2) is 36.8 Å². The van der Waals surface area contributed by atoms with Crippen molar-refractivity contribution < 1.29 is 19.1 Å². The summed E-state index contributed by atoms with van der Waals surface area (Å²) in [7, 11) is 1.84. The van der Waals surface area contributed by atoms with Crippen LogP contribution in [0, 0.1) is 5.82 Å². The first-order valence-corrected chi connectivity index (χ1v) is 12.6. The lowest BCUT2D eigenvalue weighted by molar-refractivity contribution is 0.0705. The largest absolute Gasteiger partial charge is 0.378 e. The van der Waals surface area contributed by atoms with E-state index in [1.165, 1.54) is 24.5 Å². The summed E-state index contributed by atoms with van der Waals surface area (Å²) in [5.74, 6) is 0.537. The van der Waals surface area contributed by atoms with Crippen LogP contribution in [0.3, 0.4) is 0 Å². The number of rotatable bonds is 6. The first-order valence-electron chi connectivity index (χ1n) is 11.7. The number of nitrogens with one attached hydrogen (secondary N) is 2. The first kappa shape index (κ1) is 24.1. The number of carbonyl (C=O) groups excluding carboxylic acids is 1. The van der Waals surface area contributed by atoms with Gasteiger partial charge in [-0.3, -0.25) is 15.1 Å². The molecule has 1 aliphatic rings. The number of halogens is 1. The summed E-state index contributed by atoms with van der Waals surface area (Å²) in [6.45, 7) is 3.04. The summed E-state index contributed by atoms with van der Waals surface area (Å²) in [5.41, 5.74) is 3.60. The van der Waals surface area contributed by atoms with Crippen molar-refractivity contribution in [3.8, 4) is 11.4 Å². The van der Waals surface area contributed by atoms with Crippen LogP contribution in [0.5, 0.6) is 0 Å². The Kier molecular flexibility index (Phi) is 6.27. The molecule has 0 atom stereocenters. The molecule has 1 saturated heterocycles. The third kappa shape index (κ3) is 4.49. The average molecular weight is 536 g/mol. The Bertz CT molecular complexity index is 1630. The lowest BCUT2D eigenvalue weighted by atomic mass is 10.1. The van der Waals surface area contributed by atoms with Gasteiger partial charge >= 0.3 is 0 Å². The second kappa shape index (κ2) is 9.89. The predicted molar refractivity (Wildman–Crippen MR) is 139 cm³/mol. The van der Waals surface area contributed by atoms with Crippen molar-refractivity contribution in [2.45, 2.75) is 6.54 Å². The van der Waals surface area contributed by atoms with E-state index in [-0.39, 0.29) is 5.56 Å². The molecule has 1 amide bonds. The molecule has 6 rings (SSSR count). The summed E-state index contributed by atoms with van der Waals surface area (Å²) in [4.78, 5) is 34.8. The number of hydroxylamine groups is 1. The smallest absolute Gasteiger partial charge is 0.277 e. The van der Waals surface area contributed by atoms with Crippen molar-refractivity contribution in [3.63, 3.8) is 0 Å². The van der Waals surface area contributed by atoms with Crippen molar-refractivity contribution in [2.24, 2.45) is 0 Å². The van der Waals surface area contributed by atoms with E-state index in [2.05, 4.69) is 25.1 Å². The number of carbonyl (C=O) groups is 1. The molecule has 0 aliphatic carbocycles. The Labute approximate surface area is 219 Å². The average Bonchev–Trinajstić information content (AvgIpc) is 3.58. The third-order valence-electron chi connectivity index (χ3n) is 6.22. The van der Waals surface area contributed by atoms with E-state index in [1.54, 1.807) is 23.0 Å². The van der Waals surface area contributed by atoms with Crippen LogP contribution >= 0.6 is 11.3 Å². The Hall–Kier alpha value is -4.27. The molecule has 1 aliphatic heterocycles. The van der Waals surface area contributed by atoms with Crippen LogP contribution in [0.25, 0.3) is 32.5 Å². The van der Waals surface area contributed by atoms with E-state index in [4.69, 9.17) is 19.9 Å². The molecule has 4 aromatic heterocycles. The van der Waals surface area contributed by atoms with Crippen molar-refractivity contribution in [3.05, 3.63) is 53.0 Å². The van der Waals surface area contributed by atoms with E-state index >= 15 is 0 Å². The predicted octanol–water partition coefficient (Wildman–Crippen LogP) is 2.76. The Morgan fingerprint density at radius 2 is 2.00 bits per heavy atom. The Morgan fingerprint density at radius 1 is 1.21 bits per heavy atom. The van der Waals surface area contributed by atoms with E-state index in [0.29, 0.717) is 55.7 Å². The summed E-state index contributed by atoms with van der Waals surface area (Å²) >= 11 is 1.57. The number of hydrogen-bond acceptors (Lipinski definition) is 11. The number of morpholine rings is 1. The second-order valence-electron chi connectivity index (χ2n) is 8.75. The minimum absolute atomic E-state index is 0.147. The minimum Gasteiger partial charge on any atom is -0.378 e. The number of anilines is 2. The summed E-state index contributed by atoms with van der Waals surface area (Å²) in [6, 6.07) is 4.82. The summed E-state index contributed by atoms with van der Waals surface area (Å²) in [5, 5.41) is 16.4. The van der Waals surface area contributed by atoms with Gasteiger partial charge in [0.25, 0.3) is 5.91 Å². The van der Waals surface area contributed by atoms with Gasteiger partial charge in [0.15, 0.2) is 11.6 Å².